The van der Waals surface area contributed by atoms with Gasteiger partial charge in [0.2, 0.25) is 5.88 Å². The summed E-state index contributed by atoms with van der Waals surface area (Å²) in [5.74, 6) is 0.747. The Kier molecular flexibility index (Phi) is 3.76. The number of pyridine rings is 1. The maximum Gasteiger partial charge on any atom is 0.239 e. The number of hydrogen-bond donors (Lipinski definition) is 0. The van der Waals surface area contributed by atoms with E-state index >= 15 is 0 Å². The molecule has 0 aliphatic rings. The fourth-order valence-electron chi connectivity index (χ4n) is 1.18. The van der Waals surface area contributed by atoms with Crippen LogP contribution in [-0.4, -0.2) is 14.8 Å². The third-order valence-corrected chi connectivity index (χ3v) is 2.95. The Morgan fingerprint density at radius 3 is 2.71 bits per heavy atom. The van der Waals surface area contributed by atoms with Crippen molar-refractivity contribution >= 4 is 34.8 Å². The Hall–Kier alpha value is -0.970. The van der Waals surface area contributed by atoms with Crippen LogP contribution in [0.1, 0.15) is 6.92 Å². The zero-order valence-corrected chi connectivity index (χ0v) is 11.1. The van der Waals surface area contributed by atoms with E-state index in [4.69, 9.17) is 39.5 Å². The van der Waals surface area contributed by atoms with Crippen LogP contribution in [0.25, 0.3) is 0 Å². The van der Waals surface area contributed by atoms with Crippen LogP contribution < -0.4 is 4.74 Å². The maximum atomic E-state index is 5.93. The van der Waals surface area contributed by atoms with Crippen molar-refractivity contribution in [3.05, 3.63) is 33.7 Å². The average molecular weight is 293 g/mol. The predicted molar refractivity (Wildman–Crippen MR) is 67.2 cm³/mol. The first kappa shape index (κ1) is 12.5. The first-order valence-electron chi connectivity index (χ1n) is 4.82. The number of nitrogens with zero attached hydrogens (tertiary/aromatic N) is 3. The second-order valence-corrected chi connectivity index (χ2v) is 4.35. The third kappa shape index (κ3) is 2.83. The SMILES string of the molecule is CCn1cc(Oc2nc(Cl)c(Cl)cc2Cl)cn1. The van der Waals surface area contributed by atoms with Crippen LogP contribution in [0.5, 0.6) is 11.6 Å². The van der Waals surface area contributed by atoms with E-state index in [1.54, 1.807) is 17.1 Å². The summed E-state index contributed by atoms with van der Waals surface area (Å²) in [6.45, 7) is 2.73. The number of aryl methyl sites for hydroxylation is 1. The minimum atomic E-state index is 0.147. The molecule has 2 aromatic heterocycles. The van der Waals surface area contributed by atoms with Gasteiger partial charge in [0.1, 0.15) is 5.02 Å². The van der Waals surface area contributed by atoms with E-state index in [9.17, 15) is 0 Å². The molecule has 2 aromatic rings. The van der Waals surface area contributed by atoms with Gasteiger partial charge in [0.15, 0.2) is 10.9 Å². The molecule has 0 unspecified atom stereocenters. The zero-order valence-electron chi connectivity index (χ0n) is 8.82. The lowest BCUT2D eigenvalue weighted by Crippen LogP contribution is -1.92. The molecule has 0 amide bonds. The second-order valence-electron chi connectivity index (χ2n) is 3.18. The molecular weight excluding hydrogens is 284 g/mol. The van der Waals surface area contributed by atoms with Crippen LogP contribution in [0.3, 0.4) is 0 Å². The number of hydrogen-bond acceptors (Lipinski definition) is 3. The van der Waals surface area contributed by atoms with Crippen LogP contribution in [0.15, 0.2) is 18.5 Å². The molecule has 7 heteroatoms. The molecule has 0 aromatic carbocycles. The highest BCUT2D eigenvalue weighted by molar-refractivity contribution is 6.42. The van der Waals surface area contributed by atoms with E-state index in [1.807, 2.05) is 6.92 Å². The number of halogens is 3. The minimum Gasteiger partial charge on any atom is -0.434 e. The maximum absolute atomic E-state index is 5.93. The van der Waals surface area contributed by atoms with Crippen molar-refractivity contribution in [3.8, 4) is 11.6 Å². The van der Waals surface area contributed by atoms with Gasteiger partial charge in [-0.1, -0.05) is 34.8 Å². The van der Waals surface area contributed by atoms with Gasteiger partial charge in [-0.15, -0.1) is 0 Å². The van der Waals surface area contributed by atoms with Crippen molar-refractivity contribution in [1.29, 1.82) is 0 Å². The van der Waals surface area contributed by atoms with Crippen LogP contribution in [0.2, 0.25) is 15.2 Å². The van der Waals surface area contributed by atoms with Crippen LogP contribution in [-0.2, 0) is 6.54 Å². The van der Waals surface area contributed by atoms with Crippen LogP contribution in [0.4, 0.5) is 0 Å². The standard InChI is InChI=1S/C10H8Cl3N3O/c1-2-16-5-6(4-14-16)17-10-8(12)3-7(11)9(13)15-10/h3-5H,2H2,1H3. The van der Waals surface area contributed by atoms with Gasteiger partial charge in [-0.05, 0) is 13.0 Å². The average Bonchev–Trinajstić information content (AvgIpc) is 2.73. The molecule has 17 heavy (non-hydrogen) atoms. The van der Waals surface area contributed by atoms with Gasteiger partial charge in [-0.2, -0.15) is 10.1 Å². The van der Waals surface area contributed by atoms with Gasteiger partial charge in [0.05, 0.1) is 17.4 Å². The normalized spacial score (nSPS) is 10.6. The van der Waals surface area contributed by atoms with Crippen molar-refractivity contribution in [2.24, 2.45) is 0 Å². The molecule has 0 saturated heterocycles. The highest BCUT2D eigenvalue weighted by Gasteiger charge is 2.10. The summed E-state index contributed by atoms with van der Waals surface area (Å²) in [7, 11) is 0. The molecular formula is C10H8Cl3N3O. The largest absolute Gasteiger partial charge is 0.434 e. The summed E-state index contributed by atoms with van der Waals surface area (Å²) < 4.78 is 7.18. The molecule has 90 valence electrons. The Morgan fingerprint density at radius 2 is 2.06 bits per heavy atom. The molecule has 2 rings (SSSR count). The highest BCUT2D eigenvalue weighted by atomic mass is 35.5. The number of rotatable bonds is 3. The lowest BCUT2D eigenvalue weighted by atomic mass is 10.5. The first-order valence-corrected chi connectivity index (χ1v) is 5.95. The van der Waals surface area contributed by atoms with Crippen molar-refractivity contribution in [1.82, 2.24) is 14.8 Å². The van der Waals surface area contributed by atoms with Crippen molar-refractivity contribution in [2.45, 2.75) is 13.5 Å². The van der Waals surface area contributed by atoms with Crippen molar-refractivity contribution in [2.75, 3.05) is 0 Å². The zero-order chi connectivity index (χ0) is 12.4. The lowest BCUT2D eigenvalue weighted by Gasteiger charge is -2.05. The molecule has 0 fully saturated rings. The van der Waals surface area contributed by atoms with Crippen LogP contribution >= 0.6 is 34.8 Å². The predicted octanol–water partition coefficient (Wildman–Crippen LogP) is 4.05. The van der Waals surface area contributed by atoms with Gasteiger partial charge in [0, 0.05) is 6.54 Å². The summed E-state index contributed by atoms with van der Waals surface area (Å²) >= 11 is 17.5. The molecule has 0 spiro atoms. The van der Waals surface area contributed by atoms with Gasteiger partial charge in [-0.3, -0.25) is 4.68 Å². The first-order chi connectivity index (χ1) is 8.10. The van der Waals surface area contributed by atoms with Crippen molar-refractivity contribution in [3.63, 3.8) is 0 Å². The monoisotopic (exact) mass is 291 g/mol. The molecule has 0 aliphatic heterocycles. The molecule has 0 radical (unpaired) electrons. The number of aromatic nitrogens is 3. The second kappa shape index (κ2) is 5.12. The smallest absolute Gasteiger partial charge is 0.239 e. The van der Waals surface area contributed by atoms with Crippen LogP contribution in [0, 0.1) is 0 Å². The third-order valence-electron chi connectivity index (χ3n) is 2.00. The summed E-state index contributed by atoms with van der Waals surface area (Å²) in [5, 5.41) is 4.79. The molecule has 4 nitrogen and oxygen atoms in total. The molecule has 0 aliphatic carbocycles. The quantitative estimate of drug-likeness (QED) is 0.801. The fourth-order valence-corrected chi connectivity index (χ4v) is 1.71. The Labute approximate surface area is 113 Å². The van der Waals surface area contributed by atoms with E-state index in [1.165, 1.54) is 6.07 Å². The fraction of sp³-hybridized carbons (Fsp3) is 0.200. The Bertz CT molecular complexity index is 542. The van der Waals surface area contributed by atoms with Gasteiger partial charge in [0.25, 0.3) is 0 Å². The minimum absolute atomic E-state index is 0.147. The van der Waals surface area contributed by atoms with Gasteiger partial charge < -0.3 is 4.74 Å². The van der Waals surface area contributed by atoms with E-state index in [0.29, 0.717) is 10.8 Å². The topological polar surface area (TPSA) is 39.9 Å². The summed E-state index contributed by atoms with van der Waals surface area (Å²) in [6.07, 6.45) is 3.31. The molecule has 2 heterocycles. The lowest BCUT2D eigenvalue weighted by molar-refractivity contribution is 0.462. The highest BCUT2D eigenvalue weighted by Crippen LogP contribution is 2.32. The number of ether oxygens (including phenoxy) is 1. The van der Waals surface area contributed by atoms with Crippen molar-refractivity contribution < 1.29 is 4.74 Å². The summed E-state index contributed by atoms with van der Waals surface area (Å²) in [4.78, 5) is 3.94. The van der Waals surface area contributed by atoms with Gasteiger partial charge >= 0.3 is 0 Å². The molecule has 0 atom stereocenters. The summed E-state index contributed by atoms with van der Waals surface area (Å²) in [5.41, 5.74) is 0. The van der Waals surface area contributed by atoms with Gasteiger partial charge in [-0.25, -0.2) is 0 Å². The van der Waals surface area contributed by atoms with E-state index in [-0.39, 0.29) is 16.1 Å². The molecule has 0 saturated carbocycles. The van der Waals surface area contributed by atoms with E-state index < -0.39 is 0 Å². The van der Waals surface area contributed by atoms with E-state index in [0.717, 1.165) is 6.54 Å². The summed E-state index contributed by atoms with van der Waals surface area (Å²) in [6, 6.07) is 1.48. The molecule has 0 N–H and O–H groups in total. The van der Waals surface area contributed by atoms with E-state index in [2.05, 4.69) is 10.1 Å². The molecule has 0 bridgehead atoms. The Balaban J connectivity index is 2.26. The Morgan fingerprint density at radius 1 is 1.29 bits per heavy atom.